The Labute approximate surface area is 180 Å². The summed E-state index contributed by atoms with van der Waals surface area (Å²) in [6.07, 6.45) is 12.1. The molecule has 1 aromatic carbocycles. The van der Waals surface area contributed by atoms with Crippen molar-refractivity contribution in [3.63, 3.8) is 0 Å². The largest absolute Gasteiger partial charge is 0.352 e. The highest BCUT2D eigenvalue weighted by molar-refractivity contribution is 5.94. The van der Waals surface area contributed by atoms with Gasteiger partial charge in [-0.25, -0.2) is 0 Å². The lowest BCUT2D eigenvalue weighted by Gasteiger charge is -2.55. The number of carbonyl (C=O) groups excluding carboxylic acids is 2. The predicted octanol–water partition coefficient (Wildman–Crippen LogP) is 4.83. The number of nitrogens with one attached hydrogen (secondary N) is 2. The van der Waals surface area contributed by atoms with Crippen LogP contribution in [-0.4, -0.2) is 17.9 Å². The van der Waals surface area contributed by atoms with Crippen molar-refractivity contribution in [2.75, 3.05) is 0 Å². The summed E-state index contributed by atoms with van der Waals surface area (Å²) in [4.78, 5) is 25.7. The van der Waals surface area contributed by atoms with Gasteiger partial charge >= 0.3 is 0 Å². The minimum Gasteiger partial charge on any atom is -0.352 e. The molecule has 162 valence electrons. The van der Waals surface area contributed by atoms with E-state index in [9.17, 15) is 9.59 Å². The van der Waals surface area contributed by atoms with E-state index >= 15 is 0 Å². The van der Waals surface area contributed by atoms with Gasteiger partial charge in [0.1, 0.15) is 0 Å². The summed E-state index contributed by atoms with van der Waals surface area (Å²) in [7, 11) is 0. The molecule has 0 spiro atoms. The van der Waals surface area contributed by atoms with Crippen LogP contribution < -0.4 is 10.6 Å². The molecule has 5 aliphatic carbocycles. The van der Waals surface area contributed by atoms with Gasteiger partial charge in [0.15, 0.2) is 0 Å². The van der Waals surface area contributed by atoms with Gasteiger partial charge in [0.05, 0.1) is 0 Å². The van der Waals surface area contributed by atoms with Crippen molar-refractivity contribution in [2.24, 2.45) is 29.1 Å². The van der Waals surface area contributed by atoms with Crippen LogP contribution in [0.4, 0.5) is 0 Å². The fourth-order valence-electron chi connectivity index (χ4n) is 7.31. The summed E-state index contributed by atoms with van der Waals surface area (Å²) < 4.78 is 0. The molecule has 5 aliphatic rings. The third-order valence-corrected chi connectivity index (χ3v) is 8.62. The second-order valence-electron chi connectivity index (χ2n) is 10.9. The van der Waals surface area contributed by atoms with E-state index in [1.165, 1.54) is 38.5 Å². The van der Waals surface area contributed by atoms with Crippen molar-refractivity contribution in [1.82, 2.24) is 10.6 Å². The first kappa shape index (κ1) is 20.1. The summed E-state index contributed by atoms with van der Waals surface area (Å²) in [5.41, 5.74) is 1.69. The first-order chi connectivity index (χ1) is 14.5. The SMILES string of the molecule is CC1CCCCC1NC(=O)c1ccc(CNC(=O)C23CC4CC(CC(C4)C2)C3)cc1. The van der Waals surface area contributed by atoms with Crippen LogP contribution >= 0.6 is 0 Å². The van der Waals surface area contributed by atoms with E-state index in [4.69, 9.17) is 0 Å². The molecule has 2 unspecified atom stereocenters. The average molecular weight is 409 g/mol. The third kappa shape index (κ3) is 3.90. The summed E-state index contributed by atoms with van der Waals surface area (Å²) in [5.74, 6) is 3.21. The molecule has 5 fully saturated rings. The molecular weight excluding hydrogens is 372 g/mol. The van der Waals surface area contributed by atoms with E-state index in [2.05, 4.69) is 17.6 Å². The molecule has 2 amide bonds. The highest BCUT2D eigenvalue weighted by Gasteiger charge is 2.54. The van der Waals surface area contributed by atoms with Crippen molar-refractivity contribution in [3.8, 4) is 0 Å². The van der Waals surface area contributed by atoms with Crippen molar-refractivity contribution in [2.45, 2.75) is 83.7 Å². The molecule has 2 N–H and O–H groups in total. The van der Waals surface area contributed by atoms with Crippen molar-refractivity contribution >= 4 is 11.8 Å². The number of rotatable bonds is 5. The Morgan fingerprint density at radius 1 is 0.933 bits per heavy atom. The average Bonchev–Trinajstić information content (AvgIpc) is 2.73. The summed E-state index contributed by atoms with van der Waals surface area (Å²) in [6, 6.07) is 8.06. The van der Waals surface area contributed by atoms with Crippen LogP contribution in [-0.2, 0) is 11.3 Å². The number of carbonyl (C=O) groups is 2. The highest BCUT2D eigenvalue weighted by Crippen LogP contribution is 2.60. The van der Waals surface area contributed by atoms with E-state index in [0.717, 1.165) is 49.0 Å². The van der Waals surface area contributed by atoms with Gasteiger partial charge in [-0.1, -0.05) is 31.9 Å². The van der Waals surface area contributed by atoms with Crippen LogP contribution in [0, 0.1) is 29.1 Å². The lowest BCUT2D eigenvalue weighted by atomic mass is 9.49. The van der Waals surface area contributed by atoms with Crippen LogP contribution in [0.15, 0.2) is 24.3 Å². The highest BCUT2D eigenvalue weighted by atomic mass is 16.2. The molecule has 0 heterocycles. The normalized spacial score (nSPS) is 37.0. The Kier molecular flexibility index (Phi) is 5.37. The Hall–Kier alpha value is -1.84. The number of amides is 2. The third-order valence-electron chi connectivity index (χ3n) is 8.62. The van der Waals surface area contributed by atoms with Gasteiger partial charge in [-0.05, 0) is 92.7 Å². The first-order valence-corrected chi connectivity index (χ1v) is 12.2. The van der Waals surface area contributed by atoms with Crippen LogP contribution in [0.3, 0.4) is 0 Å². The maximum atomic E-state index is 13.1. The Balaban J connectivity index is 1.16. The fourth-order valence-corrected chi connectivity index (χ4v) is 7.31. The molecule has 30 heavy (non-hydrogen) atoms. The summed E-state index contributed by atoms with van der Waals surface area (Å²) in [6.45, 7) is 2.79. The van der Waals surface area contributed by atoms with Crippen LogP contribution in [0.25, 0.3) is 0 Å². The fraction of sp³-hybridized carbons (Fsp3) is 0.692. The maximum absolute atomic E-state index is 13.1. The Morgan fingerprint density at radius 2 is 1.53 bits per heavy atom. The minimum atomic E-state index is -0.0920. The van der Waals surface area contributed by atoms with E-state index in [-0.39, 0.29) is 17.2 Å². The molecule has 0 saturated heterocycles. The molecule has 1 aromatic rings. The van der Waals surface area contributed by atoms with E-state index in [1.54, 1.807) is 0 Å². The van der Waals surface area contributed by atoms with Gasteiger partial charge < -0.3 is 10.6 Å². The molecular formula is C26H36N2O2. The molecule has 0 aromatic heterocycles. The van der Waals surface area contributed by atoms with Gasteiger partial charge in [0, 0.05) is 23.6 Å². The maximum Gasteiger partial charge on any atom is 0.251 e. The van der Waals surface area contributed by atoms with Crippen molar-refractivity contribution < 1.29 is 9.59 Å². The van der Waals surface area contributed by atoms with Gasteiger partial charge in [-0.15, -0.1) is 0 Å². The summed E-state index contributed by atoms with van der Waals surface area (Å²) in [5, 5.41) is 6.46. The van der Waals surface area contributed by atoms with E-state index in [0.29, 0.717) is 24.1 Å². The zero-order chi connectivity index (χ0) is 20.7. The molecule has 5 saturated carbocycles. The van der Waals surface area contributed by atoms with Gasteiger partial charge in [-0.2, -0.15) is 0 Å². The molecule has 0 aliphatic heterocycles. The molecule has 4 heteroatoms. The minimum absolute atomic E-state index is 0.0258. The van der Waals surface area contributed by atoms with Gasteiger partial charge in [0.25, 0.3) is 5.91 Å². The van der Waals surface area contributed by atoms with Crippen molar-refractivity contribution in [3.05, 3.63) is 35.4 Å². The number of hydrogen-bond acceptors (Lipinski definition) is 2. The smallest absolute Gasteiger partial charge is 0.251 e. The van der Waals surface area contributed by atoms with E-state index in [1.807, 2.05) is 24.3 Å². The Morgan fingerprint density at radius 3 is 2.13 bits per heavy atom. The van der Waals surface area contributed by atoms with Crippen molar-refractivity contribution in [1.29, 1.82) is 0 Å². The molecule has 4 bridgehead atoms. The zero-order valence-corrected chi connectivity index (χ0v) is 18.3. The zero-order valence-electron chi connectivity index (χ0n) is 18.3. The predicted molar refractivity (Wildman–Crippen MR) is 118 cm³/mol. The van der Waals surface area contributed by atoms with Gasteiger partial charge in [-0.3, -0.25) is 9.59 Å². The molecule has 6 rings (SSSR count). The number of hydrogen-bond donors (Lipinski definition) is 2. The van der Waals surface area contributed by atoms with E-state index < -0.39 is 0 Å². The summed E-state index contributed by atoms with van der Waals surface area (Å²) >= 11 is 0. The lowest BCUT2D eigenvalue weighted by molar-refractivity contribution is -0.146. The second-order valence-corrected chi connectivity index (χ2v) is 10.9. The van der Waals surface area contributed by atoms with Crippen LogP contribution in [0.5, 0.6) is 0 Å². The topological polar surface area (TPSA) is 58.2 Å². The van der Waals surface area contributed by atoms with Crippen LogP contribution in [0.1, 0.15) is 87.1 Å². The first-order valence-electron chi connectivity index (χ1n) is 12.2. The molecule has 0 radical (unpaired) electrons. The molecule has 4 nitrogen and oxygen atoms in total. The van der Waals surface area contributed by atoms with Crippen LogP contribution in [0.2, 0.25) is 0 Å². The quantitative estimate of drug-likeness (QED) is 0.733. The standard InChI is InChI=1S/C26H36N2O2/c1-17-4-2-3-5-23(17)28-24(29)22-8-6-18(7-9-22)16-27-25(30)26-13-19-10-20(14-26)12-21(11-19)15-26/h6-9,17,19-21,23H,2-5,10-16H2,1H3,(H,27,30)(H,28,29). The molecule has 2 atom stereocenters. The Bertz CT molecular complexity index is 764. The monoisotopic (exact) mass is 408 g/mol. The number of benzene rings is 1. The van der Waals surface area contributed by atoms with Gasteiger partial charge in [0.2, 0.25) is 5.91 Å². The lowest BCUT2D eigenvalue weighted by Crippen LogP contribution is -2.53. The second kappa shape index (κ2) is 8.01.